The molecular formula is C10H8BrF3O3. The first-order valence-corrected chi connectivity index (χ1v) is 5.27. The van der Waals surface area contributed by atoms with Gasteiger partial charge in [-0.25, -0.2) is 4.79 Å². The number of alkyl halides is 3. The summed E-state index contributed by atoms with van der Waals surface area (Å²) in [5.41, 5.74) is -0.840. The second kappa shape index (κ2) is 4.95. The van der Waals surface area contributed by atoms with Crippen molar-refractivity contribution in [1.29, 1.82) is 0 Å². The van der Waals surface area contributed by atoms with E-state index in [1.54, 1.807) is 0 Å². The summed E-state index contributed by atoms with van der Waals surface area (Å²) < 4.78 is 42.0. The van der Waals surface area contributed by atoms with Crippen molar-refractivity contribution in [3.8, 4) is 5.75 Å². The Morgan fingerprint density at radius 1 is 1.47 bits per heavy atom. The van der Waals surface area contributed by atoms with Crippen LogP contribution in [0.15, 0.2) is 22.7 Å². The van der Waals surface area contributed by atoms with Crippen LogP contribution in [0, 0.1) is 0 Å². The van der Waals surface area contributed by atoms with Crippen LogP contribution >= 0.6 is 15.9 Å². The molecule has 0 saturated heterocycles. The molecule has 0 radical (unpaired) electrons. The van der Waals surface area contributed by atoms with Crippen LogP contribution in [0.1, 0.15) is 12.5 Å². The molecule has 0 spiro atoms. The van der Waals surface area contributed by atoms with Gasteiger partial charge >= 0.3 is 12.1 Å². The minimum atomic E-state index is -4.46. The summed E-state index contributed by atoms with van der Waals surface area (Å²) in [5, 5.41) is 8.58. The van der Waals surface area contributed by atoms with Gasteiger partial charge in [-0.1, -0.05) is 15.9 Å². The van der Waals surface area contributed by atoms with Gasteiger partial charge in [0, 0.05) is 4.47 Å². The van der Waals surface area contributed by atoms with Crippen molar-refractivity contribution in [2.45, 2.75) is 19.2 Å². The monoisotopic (exact) mass is 312 g/mol. The number of carbonyl (C=O) groups is 1. The van der Waals surface area contributed by atoms with Gasteiger partial charge in [-0.3, -0.25) is 0 Å². The Morgan fingerprint density at radius 3 is 2.47 bits per heavy atom. The zero-order chi connectivity index (χ0) is 13.2. The van der Waals surface area contributed by atoms with Gasteiger partial charge < -0.3 is 9.84 Å². The number of carboxylic acids is 1. The minimum absolute atomic E-state index is 0.0553. The normalized spacial score (nSPS) is 13.2. The van der Waals surface area contributed by atoms with E-state index in [0.717, 1.165) is 18.2 Å². The van der Waals surface area contributed by atoms with Crippen LogP contribution in [0.3, 0.4) is 0 Å². The van der Waals surface area contributed by atoms with E-state index in [-0.39, 0.29) is 10.2 Å². The molecule has 0 saturated carbocycles. The van der Waals surface area contributed by atoms with Gasteiger partial charge in [-0.05, 0) is 25.1 Å². The first-order chi connectivity index (χ1) is 7.71. The molecule has 7 heteroatoms. The fourth-order valence-corrected chi connectivity index (χ4v) is 1.64. The SMILES string of the molecule is CC(Oc1ccc(C(F)(F)F)c(Br)c1)C(=O)O. The second-order valence-corrected chi connectivity index (χ2v) is 4.09. The van der Waals surface area contributed by atoms with Gasteiger partial charge in [-0.2, -0.15) is 13.2 Å². The molecule has 0 fully saturated rings. The largest absolute Gasteiger partial charge is 0.479 e. The first kappa shape index (κ1) is 13.8. The summed E-state index contributed by atoms with van der Waals surface area (Å²) in [5.74, 6) is -1.14. The fourth-order valence-electron chi connectivity index (χ4n) is 1.05. The molecular weight excluding hydrogens is 305 g/mol. The molecule has 0 aliphatic heterocycles. The van der Waals surface area contributed by atoms with Crippen LogP contribution in [0.4, 0.5) is 13.2 Å². The molecule has 0 heterocycles. The average molecular weight is 313 g/mol. The molecule has 0 aromatic heterocycles. The summed E-state index contributed by atoms with van der Waals surface area (Å²) in [4.78, 5) is 10.5. The van der Waals surface area contributed by atoms with Gasteiger partial charge in [0.1, 0.15) is 5.75 Å². The number of benzene rings is 1. The molecule has 1 aromatic carbocycles. The van der Waals surface area contributed by atoms with Crippen LogP contribution in [-0.4, -0.2) is 17.2 Å². The minimum Gasteiger partial charge on any atom is -0.479 e. The quantitative estimate of drug-likeness (QED) is 0.931. The Hall–Kier alpha value is -1.24. The van der Waals surface area contributed by atoms with Gasteiger partial charge in [0.2, 0.25) is 0 Å². The van der Waals surface area contributed by atoms with Crippen LogP contribution in [0.25, 0.3) is 0 Å². The highest BCUT2D eigenvalue weighted by Crippen LogP contribution is 2.36. The topological polar surface area (TPSA) is 46.5 Å². The van der Waals surface area contributed by atoms with Crippen molar-refractivity contribution in [2.24, 2.45) is 0 Å². The lowest BCUT2D eigenvalue weighted by molar-refractivity contribution is -0.144. The smallest absolute Gasteiger partial charge is 0.417 e. The number of hydrogen-bond acceptors (Lipinski definition) is 2. The molecule has 0 bridgehead atoms. The fraction of sp³-hybridized carbons (Fsp3) is 0.300. The molecule has 1 rings (SSSR count). The maximum atomic E-state index is 12.4. The number of ether oxygens (including phenoxy) is 1. The Morgan fingerprint density at radius 2 is 2.06 bits per heavy atom. The molecule has 17 heavy (non-hydrogen) atoms. The molecule has 94 valence electrons. The number of carboxylic acid groups (broad SMARTS) is 1. The number of rotatable bonds is 3. The summed E-state index contributed by atoms with van der Waals surface area (Å²) in [7, 11) is 0. The van der Waals surface area contributed by atoms with Crippen LogP contribution in [-0.2, 0) is 11.0 Å². The Balaban J connectivity index is 2.94. The van der Waals surface area contributed by atoms with Crippen molar-refractivity contribution >= 4 is 21.9 Å². The lowest BCUT2D eigenvalue weighted by atomic mass is 10.2. The maximum absolute atomic E-state index is 12.4. The second-order valence-electron chi connectivity index (χ2n) is 3.24. The van der Waals surface area contributed by atoms with Crippen molar-refractivity contribution in [2.75, 3.05) is 0 Å². The van der Waals surface area contributed by atoms with E-state index in [9.17, 15) is 18.0 Å². The van der Waals surface area contributed by atoms with E-state index >= 15 is 0 Å². The molecule has 1 unspecified atom stereocenters. The highest BCUT2D eigenvalue weighted by Gasteiger charge is 2.33. The third-order valence-corrected chi connectivity index (χ3v) is 2.56. The molecule has 0 amide bonds. The summed E-state index contributed by atoms with van der Waals surface area (Å²) in [6.07, 6.45) is -5.59. The number of aliphatic carboxylic acids is 1. The van der Waals surface area contributed by atoms with Crippen molar-refractivity contribution in [3.63, 3.8) is 0 Å². The van der Waals surface area contributed by atoms with Crippen LogP contribution in [0.5, 0.6) is 5.75 Å². The van der Waals surface area contributed by atoms with Crippen molar-refractivity contribution in [3.05, 3.63) is 28.2 Å². The standard InChI is InChI=1S/C10H8BrF3O3/c1-5(9(15)16)17-6-2-3-7(8(11)4-6)10(12,13)14/h2-5H,1H3,(H,15,16). The van der Waals surface area contributed by atoms with Crippen molar-refractivity contribution < 1.29 is 27.8 Å². The molecule has 1 N–H and O–H groups in total. The van der Waals surface area contributed by atoms with Gasteiger partial charge in [-0.15, -0.1) is 0 Å². The molecule has 3 nitrogen and oxygen atoms in total. The maximum Gasteiger partial charge on any atom is 0.417 e. The highest BCUT2D eigenvalue weighted by atomic mass is 79.9. The summed E-state index contributed by atoms with van der Waals surface area (Å²) in [6.45, 7) is 1.29. The third kappa shape index (κ3) is 3.62. The number of hydrogen-bond donors (Lipinski definition) is 1. The van der Waals surface area contributed by atoms with E-state index in [1.807, 2.05) is 0 Å². The zero-order valence-corrected chi connectivity index (χ0v) is 10.2. The van der Waals surface area contributed by atoms with Gasteiger partial charge in [0.05, 0.1) is 5.56 Å². The predicted octanol–water partition coefficient (Wildman–Crippen LogP) is 3.32. The van der Waals surface area contributed by atoms with E-state index < -0.39 is 23.8 Å². The summed E-state index contributed by atoms with van der Waals surface area (Å²) in [6, 6.07) is 2.99. The molecule has 0 aliphatic rings. The van der Waals surface area contributed by atoms with Gasteiger partial charge in [0.15, 0.2) is 6.10 Å². The Labute approximate surface area is 103 Å². The van der Waals surface area contributed by atoms with E-state index in [1.165, 1.54) is 6.92 Å². The molecule has 1 aromatic rings. The van der Waals surface area contributed by atoms with Crippen molar-refractivity contribution in [1.82, 2.24) is 0 Å². The highest BCUT2D eigenvalue weighted by molar-refractivity contribution is 9.10. The Bertz CT molecular complexity index is 431. The summed E-state index contributed by atoms with van der Waals surface area (Å²) >= 11 is 2.76. The zero-order valence-electron chi connectivity index (χ0n) is 8.58. The van der Waals surface area contributed by atoms with Crippen LogP contribution < -0.4 is 4.74 Å². The lowest BCUT2D eigenvalue weighted by Gasteiger charge is -2.13. The predicted molar refractivity (Wildman–Crippen MR) is 56.9 cm³/mol. The first-order valence-electron chi connectivity index (χ1n) is 4.48. The number of halogens is 4. The third-order valence-electron chi connectivity index (χ3n) is 1.91. The van der Waals surface area contributed by atoms with E-state index in [2.05, 4.69) is 15.9 Å². The Kier molecular flexibility index (Phi) is 4.03. The molecule has 1 atom stereocenters. The lowest BCUT2D eigenvalue weighted by Crippen LogP contribution is -2.22. The van der Waals surface area contributed by atoms with Crippen LogP contribution in [0.2, 0.25) is 0 Å². The van der Waals surface area contributed by atoms with E-state index in [0.29, 0.717) is 0 Å². The average Bonchev–Trinajstić information content (AvgIpc) is 2.15. The van der Waals surface area contributed by atoms with E-state index in [4.69, 9.17) is 9.84 Å². The molecule has 0 aliphatic carbocycles. The van der Waals surface area contributed by atoms with Gasteiger partial charge in [0.25, 0.3) is 0 Å².